The van der Waals surface area contributed by atoms with E-state index in [9.17, 15) is 17.2 Å². The number of nitrogens with one attached hydrogen (secondary N) is 1. The average molecular weight is 439 g/mol. The fourth-order valence-corrected chi connectivity index (χ4v) is 4.31. The molecule has 0 amide bonds. The quantitative estimate of drug-likeness (QED) is 0.466. The van der Waals surface area contributed by atoms with E-state index in [1.54, 1.807) is 10.9 Å². The molecule has 1 N–H and O–H groups in total. The number of rotatable bonds is 7. The van der Waals surface area contributed by atoms with Gasteiger partial charge in [0.1, 0.15) is 16.5 Å². The maximum atomic E-state index is 14.0. The lowest BCUT2D eigenvalue weighted by Gasteiger charge is -2.08. The standard InChI is InChI=1S/C23H19F2N3O2S/c24-20-11-12-21(25)22(13-20)31(29,30)26-14-19-16-28(15-17-7-3-1-4-8-17)27-23(19)18-9-5-2-6-10-18/h1-13,16,26H,14-15H2. The van der Waals surface area contributed by atoms with E-state index in [0.717, 1.165) is 23.3 Å². The Hall–Kier alpha value is -3.36. The van der Waals surface area contributed by atoms with Crippen LogP contribution in [0.3, 0.4) is 0 Å². The maximum absolute atomic E-state index is 14.0. The van der Waals surface area contributed by atoms with E-state index in [-0.39, 0.29) is 6.54 Å². The normalized spacial score (nSPS) is 11.5. The number of hydrogen-bond acceptors (Lipinski definition) is 3. The fraction of sp³-hybridized carbons (Fsp3) is 0.0870. The number of benzene rings is 3. The monoisotopic (exact) mass is 439 g/mol. The van der Waals surface area contributed by atoms with Gasteiger partial charge in [0.15, 0.2) is 0 Å². The van der Waals surface area contributed by atoms with Crippen LogP contribution in [0, 0.1) is 11.6 Å². The maximum Gasteiger partial charge on any atom is 0.243 e. The van der Waals surface area contributed by atoms with Crippen LogP contribution in [0.4, 0.5) is 8.78 Å². The Labute approximate surface area is 179 Å². The van der Waals surface area contributed by atoms with Crippen molar-refractivity contribution in [3.8, 4) is 11.3 Å². The third-order valence-electron chi connectivity index (χ3n) is 4.71. The highest BCUT2D eigenvalue weighted by atomic mass is 32.2. The van der Waals surface area contributed by atoms with Gasteiger partial charge < -0.3 is 0 Å². The fourth-order valence-electron chi connectivity index (χ4n) is 3.22. The summed E-state index contributed by atoms with van der Waals surface area (Å²) in [5.41, 5.74) is 3.08. The van der Waals surface area contributed by atoms with Gasteiger partial charge in [-0.1, -0.05) is 60.7 Å². The topological polar surface area (TPSA) is 64.0 Å². The van der Waals surface area contributed by atoms with E-state index < -0.39 is 26.6 Å². The van der Waals surface area contributed by atoms with Gasteiger partial charge in [0.05, 0.1) is 12.2 Å². The Morgan fingerprint density at radius 3 is 2.29 bits per heavy atom. The lowest BCUT2D eigenvalue weighted by molar-refractivity contribution is 0.545. The highest BCUT2D eigenvalue weighted by molar-refractivity contribution is 7.89. The highest BCUT2D eigenvalue weighted by Crippen LogP contribution is 2.23. The Bertz CT molecular complexity index is 1290. The predicted octanol–water partition coefficient (Wildman–Crippen LogP) is 4.36. The minimum atomic E-state index is -4.26. The largest absolute Gasteiger partial charge is 0.267 e. The first kappa shape index (κ1) is 20.9. The second-order valence-electron chi connectivity index (χ2n) is 6.95. The van der Waals surface area contributed by atoms with Crippen LogP contribution in [-0.4, -0.2) is 18.2 Å². The summed E-state index contributed by atoms with van der Waals surface area (Å²) in [6.45, 7) is 0.378. The molecule has 3 aromatic carbocycles. The summed E-state index contributed by atoms with van der Waals surface area (Å²) in [7, 11) is -4.26. The molecular formula is C23H19F2N3O2S. The van der Waals surface area contributed by atoms with Crippen molar-refractivity contribution in [2.75, 3.05) is 0 Å². The van der Waals surface area contributed by atoms with Crippen LogP contribution in [0.15, 0.2) is 90.0 Å². The molecule has 1 heterocycles. The van der Waals surface area contributed by atoms with Crippen molar-refractivity contribution in [1.29, 1.82) is 0 Å². The Morgan fingerprint density at radius 1 is 0.903 bits per heavy atom. The van der Waals surface area contributed by atoms with Crippen LogP contribution in [0.25, 0.3) is 11.3 Å². The number of sulfonamides is 1. The molecule has 4 rings (SSSR count). The van der Waals surface area contributed by atoms with Gasteiger partial charge in [-0.25, -0.2) is 21.9 Å². The van der Waals surface area contributed by atoms with Gasteiger partial charge in [-0.3, -0.25) is 4.68 Å². The molecule has 0 fully saturated rings. The summed E-state index contributed by atoms with van der Waals surface area (Å²) in [5.74, 6) is -1.85. The van der Waals surface area contributed by atoms with Crippen LogP contribution < -0.4 is 4.72 Å². The first-order chi connectivity index (χ1) is 14.9. The summed E-state index contributed by atoms with van der Waals surface area (Å²) in [6, 6.07) is 21.4. The molecule has 0 bridgehead atoms. The molecule has 8 heteroatoms. The summed E-state index contributed by atoms with van der Waals surface area (Å²) in [6.07, 6.45) is 1.75. The molecule has 0 aliphatic heterocycles. The lowest BCUT2D eigenvalue weighted by atomic mass is 10.1. The molecule has 0 saturated heterocycles. The zero-order valence-electron chi connectivity index (χ0n) is 16.4. The second kappa shape index (κ2) is 8.79. The number of nitrogens with zero attached hydrogens (tertiary/aromatic N) is 2. The molecule has 158 valence electrons. The van der Waals surface area contributed by atoms with Crippen molar-refractivity contribution >= 4 is 10.0 Å². The van der Waals surface area contributed by atoms with Crippen molar-refractivity contribution in [3.63, 3.8) is 0 Å². The third-order valence-corrected chi connectivity index (χ3v) is 6.12. The number of hydrogen-bond donors (Lipinski definition) is 1. The molecular weight excluding hydrogens is 420 g/mol. The van der Waals surface area contributed by atoms with Crippen LogP contribution in [0.5, 0.6) is 0 Å². The molecule has 0 aliphatic rings. The van der Waals surface area contributed by atoms with Gasteiger partial charge in [-0.2, -0.15) is 5.10 Å². The van der Waals surface area contributed by atoms with Crippen molar-refractivity contribution in [1.82, 2.24) is 14.5 Å². The first-order valence-corrected chi connectivity index (χ1v) is 11.0. The molecule has 0 saturated carbocycles. The summed E-state index contributed by atoms with van der Waals surface area (Å²) in [4.78, 5) is -0.731. The van der Waals surface area contributed by atoms with Gasteiger partial charge in [0.2, 0.25) is 10.0 Å². The van der Waals surface area contributed by atoms with Crippen LogP contribution >= 0.6 is 0 Å². The average Bonchev–Trinajstić information content (AvgIpc) is 3.18. The Balaban J connectivity index is 1.64. The third kappa shape index (κ3) is 4.87. The molecule has 31 heavy (non-hydrogen) atoms. The number of halogens is 2. The van der Waals surface area contributed by atoms with E-state index >= 15 is 0 Å². The molecule has 0 unspecified atom stereocenters. The van der Waals surface area contributed by atoms with Crippen LogP contribution in [0.1, 0.15) is 11.1 Å². The van der Waals surface area contributed by atoms with Gasteiger partial charge >= 0.3 is 0 Å². The van der Waals surface area contributed by atoms with E-state index in [1.807, 2.05) is 60.7 Å². The number of aromatic nitrogens is 2. The van der Waals surface area contributed by atoms with Gasteiger partial charge in [-0.15, -0.1) is 0 Å². The second-order valence-corrected chi connectivity index (χ2v) is 8.69. The van der Waals surface area contributed by atoms with Crippen LogP contribution in [0.2, 0.25) is 0 Å². The van der Waals surface area contributed by atoms with E-state index in [1.165, 1.54) is 0 Å². The van der Waals surface area contributed by atoms with Gasteiger partial charge in [0, 0.05) is 23.9 Å². The van der Waals surface area contributed by atoms with E-state index in [4.69, 9.17) is 0 Å². The lowest BCUT2D eigenvalue weighted by Crippen LogP contribution is -2.24. The molecule has 0 radical (unpaired) electrons. The minimum absolute atomic E-state index is 0.128. The molecule has 0 aliphatic carbocycles. The summed E-state index contributed by atoms with van der Waals surface area (Å²) < 4.78 is 56.7. The van der Waals surface area contributed by atoms with Crippen molar-refractivity contribution in [3.05, 3.63) is 108 Å². The zero-order chi connectivity index (χ0) is 21.8. The molecule has 0 spiro atoms. The van der Waals surface area contributed by atoms with Crippen molar-refractivity contribution in [2.24, 2.45) is 0 Å². The molecule has 1 aromatic heterocycles. The van der Waals surface area contributed by atoms with E-state index in [2.05, 4.69) is 9.82 Å². The molecule has 5 nitrogen and oxygen atoms in total. The van der Waals surface area contributed by atoms with Gasteiger partial charge in [0.25, 0.3) is 0 Å². The predicted molar refractivity (Wildman–Crippen MR) is 114 cm³/mol. The Morgan fingerprint density at radius 2 is 1.58 bits per heavy atom. The first-order valence-electron chi connectivity index (χ1n) is 9.53. The summed E-state index contributed by atoms with van der Waals surface area (Å²) in [5, 5.41) is 4.63. The minimum Gasteiger partial charge on any atom is -0.267 e. The van der Waals surface area contributed by atoms with E-state index in [0.29, 0.717) is 23.9 Å². The molecule has 0 atom stereocenters. The van der Waals surface area contributed by atoms with Crippen molar-refractivity contribution < 1.29 is 17.2 Å². The van der Waals surface area contributed by atoms with Crippen molar-refractivity contribution in [2.45, 2.75) is 18.0 Å². The highest BCUT2D eigenvalue weighted by Gasteiger charge is 2.21. The van der Waals surface area contributed by atoms with Gasteiger partial charge in [-0.05, 0) is 23.8 Å². The smallest absolute Gasteiger partial charge is 0.243 e. The molecule has 4 aromatic rings. The summed E-state index contributed by atoms with van der Waals surface area (Å²) >= 11 is 0. The Kier molecular flexibility index (Phi) is 5.92. The SMILES string of the molecule is O=S(=O)(NCc1cn(Cc2ccccc2)nc1-c1ccccc1)c1cc(F)ccc1F. The van der Waals surface area contributed by atoms with Crippen LogP contribution in [-0.2, 0) is 23.1 Å². The zero-order valence-corrected chi connectivity index (χ0v) is 17.2.